The van der Waals surface area contributed by atoms with E-state index in [9.17, 15) is 4.79 Å². The smallest absolute Gasteiger partial charge is 0.222 e. The molecule has 2 fully saturated rings. The van der Waals surface area contributed by atoms with Gasteiger partial charge in [0, 0.05) is 31.1 Å². The van der Waals surface area contributed by atoms with Crippen LogP contribution in [0, 0.1) is 12.8 Å². The summed E-state index contributed by atoms with van der Waals surface area (Å²) in [5, 5.41) is 7.39. The van der Waals surface area contributed by atoms with E-state index in [1.54, 1.807) is 0 Å². The molecule has 1 N–H and O–H groups in total. The van der Waals surface area contributed by atoms with Gasteiger partial charge in [-0.1, -0.05) is 12.8 Å². The minimum Gasteiger partial charge on any atom is -0.342 e. The van der Waals surface area contributed by atoms with Crippen molar-refractivity contribution >= 4 is 5.91 Å². The highest BCUT2D eigenvalue weighted by molar-refractivity contribution is 5.76. The van der Waals surface area contributed by atoms with Crippen LogP contribution < -0.4 is 0 Å². The first kappa shape index (κ1) is 13.7. The first-order valence-electron chi connectivity index (χ1n) is 8.02. The number of hydrogen-bond acceptors (Lipinski definition) is 2. The number of carbonyl (C=O) groups excluding carboxylic acids is 1. The van der Waals surface area contributed by atoms with E-state index in [0.29, 0.717) is 17.7 Å². The third-order valence-electron chi connectivity index (χ3n) is 4.86. The van der Waals surface area contributed by atoms with Gasteiger partial charge >= 0.3 is 0 Å². The van der Waals surface area contributed by atoms with E-state index in [-0.39, 0.29) is 0 Å². The number of amides is 1. The lowest BCUT2D eigenvalue weighted by Gasteiger charge is -2.32. The third-order valence-corrected chi connectivity index (χ3v) is 4.86. The number of nitrogens with one attached hydrogen (secondary N) is 1. The zero-order chi connectivity index (χ0) is 13.9. The Morgan fingerprint density at radius 1 is 1.35 bits per heavy atom. The van der Waals surface area contributed by atoms with Crippen molar-refractivity contribution in [3.8, 4) is 0 Å². The summed E-state index contributed by atoms with van der Waals surface area (Å²) >= 11 is 0. The Balaban J connectivity index is 1.58. The highest BCUT2D eigenvalue weighted by Crippen LogP contribution is 2.30. The van der Waals surface area contributed by atoms with Crippen LogP contribution in [-0.4, -0.2) is 34.1 Å². The highest BCUT2D eigenvalue weighted by Gasteiger charge is 2.28. The molecule has 4 heteroatoms. The molecule has 1 amide bonds. The van der Waals surface area contributed by atoms with E-state index in [1.165, 1.54) is 25.7 Å². The number of hydrogen-bond donors (Lipinski definition) is 1. The number of likely N-dealkylation sites (tertiary alicyclic amines) is 1. The van der Waals surface area contributed by atoms with Gasteiger partial charge < -0.3 is 4.90 Å². The summed E-state index contributed by atoms with van der Waals surface area (Å²) in [7, 11) is 0. The van der Waals surface area contributed by atoms with E-state index in [1.807, 2.05) is 6.92 Å². The molecule has 1 saturated carbocycles. The summed E-state index contributed by atoms with van der Waals surface area (Å²) in [6, 6.07) is 2.12. The molecule has 0 aromatic carbocycles. The molecule has 1 saturated heterocycles. The summed E-state index contributed by atoms with van der Waals surface area (Å²) in [6.45, 7) is 3.82. The van der Waals surface area contributed by atoms with E-state index in [2.05, 4.69) is 21.2 Å². The van der Waals surface area contributed by atoms with Crippen LogP contribution in [-0.2, 0) is 4.79 Å². The highest BCUT2D eigenvalue weighted by atomic mass is 16.2. The molecule has 0 spiro atoms. The second-order valence-electron chi connectivity index (χ2n) is 6.51. The zero-order valence-electron chi connectivity index (χ0n) is 12.4. The molecule has 1 aliphatic heterocycles. The molecule has 4 nitrogen and oxygen atoms in total. The Hall–Kier alpha value is -1.32. The lowest BCUT2D eigenvalue weighted by atomic mass is 9.93. The summed E-state index contributed by atoms with van der Waals surface area (Å²) in [4.78, 5) is 14.5. The standard InChI is InChI=1S/C16H25N3O/c1-12-9-15(18-17-12)14-7-4-8-19(11-14)16(20)10-13-5-2-3-6-13/h9,13-14H,2-8,10-11H2,1H3,(H,17,18). The van der Waals surface area contributed by atoms with Crippen molar-refractivity contribution in [3.05, 3.63) is 17.5 Å². The first-order chi connectivity index (χ1) is 9.72. The van der Waals surface area contributed by atoms with Gasteiger partial charge in [0.1, 0.15) is 0 Å². The van der Waals surface area contributed by atoms with Crippen molar-refractivity contribution in [2.45, 2.75) is 57.8 Å². The predicted molar refractivity (Wildman–Crippen MR) is 78.5 cm³/mol. The maximum Gasteiger partial charge on any atom is 0.222 e. The molecule has 3 rings (SSSR count). The van der Waals surface area contributed by atoms with Crippen molar-refractivity contribution in [1.82, 2.24) is 15.1 Å². The van der Waals surface area contributed by atoms with Crippen molar-refractivity contribution in [2.24, 2.45) is 5.92 Å². The van der Waals surface area contributed by atoms with Crippen LogP contribution in [0.25, 0.3) is 0 Å². The summed E-state index contributed by atoms with van der Waals surface area (Å²) in [5.41, 5.74) is 2.23. The Bertz CT molecular complexity index is 462. The summed E-state index contributed by atoms with van der Waals surface area (Å²) in [6.07, 6.45) is 8.15. The molecule has 0 bridgehead atoms. The van der Waals surface area contributed by atoms with Crippen LogP contribution in [0.2, 0.25) is 0 Å². The van der Waals surface area contributed by atoms with Crippen LogP contribution in [0.1, 0.15) is 62.3 Å². The van der Waals surface area contributed by atoms with E-state index < -0.39 is 0 Å². The average molecular weight is 275 g/mol. The van der Waals surface area contributed by atoms with Gasteiger partial charge in [0.05, 0.1) is 5.69 Å². The molecular weight excluding hydrogens is 250 g/mol. The molecular formula is C16H25N3O. The van der Waals surface area contributed by atoms with Crippen LogP contribution in [0.4, 0.5) is 0 Å². The second kappa shape index (κ2) is 5.98. The van der Waals surface area contributed by atoms with E-state index in [4.69, 9.17) is 0 Å². The molecule has 1 aliphatic carbocycles. The van der Waals surface area contributed by atoms with Gasteiger partial charge in [0.15, 0.2) is 0 Å². The third kappa shape index (κ3) is 3.05. The van der Waals surface area contributed by atoms with Crippen LogP contribution >= 0.6 is 0 Å². The van der Waals surface area contributed by atoms with Crippen LogP contribution in [0.3, 0.4) is 0 Å². The molecule has 1 atom stereocenters. The molecule has 1 unspecified atom stereocenters. The van der Waals surface area contributed by atoms with Gasteiger partial charge in [-0.2, -0.15) is 5.10 Å². The molecule has 0 radical (unpaired) electrons. The predicted octanol–water partition coefficient (Wildman–Crippen LogP) is 3.00. The summed E-state index contributed by atoms with van der Waals surface area (Å²) < 4.78 is 0. The number of rotatable bonds is 3. The average Bonchev–Trinajstić information content (AvgIpc) is 3.10. The topological polar surface area (TPSA) is 49.0 Å². The Labute approximate surface area is 120 Å². The quantitative estimate of drug-likeness (QED) is 0.922. The fourth-order valence-corrected chi connectivity index (χ4v) is 3.68. The van der Waals surface area contributed by atoms with Gasteiger partial charge in [0.2, 0.25) is 5.91 Å². The Kier molecular flexibility index (Phi) is 4.08. The molecule has 2 heterocycles. The molecule has 1 aromatic rings. The molecule has 110 valence electrons. The Morgan fingerprint density at radius 2 is 2.15 bits per heavy atom. The number of carbonyl (C=O) groups is 1. The molecule has 2 aliphatic rings. The SMILES string of the molecule is Cc1cc(C2CCCN(C(=O)CC3CCCC3)C2)n[nH]1. The monoisotopic (exact) mass is 275 g/mol. The van der Waals surface area contributed by atoms with Gasteiger partial charge in [-0.25, -0.2) is 0 Å². The van der Waals surface area contributed by atoms with Crippen molar-refractivity contribution < 1.29 is 4.79 Å². The largest absolute Gasteiger partial charge is 0.342 e. The first-order valence-corrected chi connectivity index (χ1v) is 8.02. The fourth-order valence-electron chi connectivity index (χ4n) is 3.68. The summed E-state index contributed by atoms with van der Waals surface area (Å²) in [5.74, 6) is 1.44. The number of aryl methyl sites for hydroxylation is 1. The second-order valence-corrected chi connectivity index (χ2v) is 6.51. The minimum absolute atomic E-state index is 0.369. The van der Waals surface area contributed by atoms with Gasteiger partial charge in [-0.15, -0.1) is 0 Å². The number of aromatic nitrogens is 2. The number of H-pyrrole nitrogens is 1. The zero-order valence-corrected chi connectivity index (χ0v) is 12.4. The van der Waals surface area contributed by atoms with Crippen molar-refractivity contribution in [3.63, 3.8) is 0 Å². The van der Waals surface area contributed by atoms with Gasteiger partial charge in [-0.05, 0) is 44.6 Å². The van der Waals surface area contributed by atoms with Gasteiger partial charge in [-0.3, -0.25) is 9.89 Å². The lowest BCUT2D eigenvalue weighted by Crippen LogP contribution is -2.39. The van der Waals surface area contributed by atoms with Crippen molar-refractivity contribution in [2.75, 3.05) is 13.1 Å². The molecule has 20 heavy (non-hydrogen) atoms. The Morgan fingerprint density at radius 3 is 2.85 bits per heavy atom. The molecule has 1 aromatic heterocycles. The fraction of sp³-hybridized carbons (Fsp3) is 0.750. The lowest BCUT2D eigenvalue weighted by molar-refractivity contribution is -0.133. The van der Waals surface area contributed by atoms with Gasteiger partial charge in [0.25, 0.3) is 0 Å². The number of nitrogens with zero attached hydrogens (tertiary/aromatic N) is 2. The normalized spacial score (nSPS) is 24.2. The van der Waals surface area contributed by atoms with Crippen molar-refractivity contribution in [1.29, 1.82) is 0 Å². The van der Waals surface area contributed by atoms with Crippen LogP contribution in [0.15, 0.2) is 6.07 Å². The van der Waals surface area contributed by atoms with Crippen LogP contribution in [0.5, 0.6) is 0 Å². The maximum atomic E-state index is 12.4. The van der Waals surface area contributed by atoms with E-state index >= 15 is 0 Å². The minimum atomic E-state index is 0.369. The van der Waals surface area contributed by atoms with E-state index in [0.717, 1.165) is 43.7 Å². The number of piperidine rings is 1. The number of aromatic amines is 1. The maximum absolute atomic E-state index is 12.4.